The lowest BCUT2D eigenvalue weighted by atomic mass is 9.55. The standard InChI is InChI=1S/C17H27N3O3/c1-3-22-14-11-13(17(14)9-5-4-6-10-17)19-15(21)7-8-16-18-12(2)20-23-16/h13-14H,3-11H2,1-2H3,(H,19,21). The molecule has 1 amide bonds. The van der Waals surface area contributed by atoms with Crippen molar-refractivity contribution >= 4 is 5.91 Å². The number of amides is 1. The molecule has 1 spiro atoms. The highest BCUT2D eigenvalue weighted by atomic mass is 16.5. The molecule has 0 aromatic carbocycles. The first-order valence-corrected chi connectivity index (χ1v) is 8.84. The Kier molecular flexibility index (Phi) is 4.99. The van der Waals surface area contributed by atoms with E-state index in [1.54, 1.807) is 6.92 Å². The van der Waals surface area contributed by atoms with Crippen molar-refractivity contribution in [2.24, 2.45) is 5.41 Å². The van der Waals surface area contributed by atoms with Gasteiger partial charge in [0, 0.05) is 30.9 Å². The zero-order chi connectivity index (χ0) is 16.3. The maximum absolute atomic E-state index is 12.3. The summed E-state index contributed by atoms with van der Waals surface area (Å²) in [5.74, 6) is 1.22. The van der Waals surface area contributed by atoms with Crippen LogP contribution < -0.4 is 5.32 Å². The molecule has 23 heavy (non-hydrogen) atoms. The summed E-state index contributed by atoms with van der Waals surface area (Å²) in [5.41, 5.74) is 0.172. The van der Waals surface area contributed by atoms with Gasteiger partial charge in [0.15, 0.2) is 5.82 Å². The molecule has 6 heteroatoms. The van der Waals surface area contributed by atoms with E-state index in [0.717, 1.165) is 13.0 Å². The monoisotopic (exact) mass is 321 g/mol. The maximum atomic E-state index is 12.3. The Labute approximate surface area is 137 Å². The lowest BCUT2D eigenvalue weighted by Crippen LogP contribution is -2.65. The average molecular weight is 321 g/mol. The Morgan fingerprint density at radius 1 is 1.39 bits per heavy atom. The zero-order valence-corrected chi connectivity index (χ0v) is 14.1. The number of ether oxygens (including phenoxy) is 1. The summed E-state index contributed by atoms with van der Waals surface area (Å²) in [7, 11) is 0. The highest BCUT2D eigenvalue weighted by molar-refractivity contribution is 5.76. The summed E-state index contributed by atoms with van der Waals surface area (Å²) in [4.78, 5) is 16.4. The summed E-state index contributed by atoms with van der Waals surface area (Å²) in [5, 5.41) is 6.98. The predicted octanol–water partition coefficient (Wildman–Crippen LogP) is 2.55. The van der Waals surface area contributed by atoms with Crippen molar-refractivity contribution in [2.75, 3.05) is 6.61 Å². The Bertz CT molecular complexity index is 537. The second-order valence-electron chi connectivity index (χ2n) is 6.83. The van der Waals surface area contributed by atoms with Crippen LogP contribution in [-0.2, 0) is 16.0 Å². The molecule has 0 saturated heterocycles. The number of carbonyl (C=O) groups is 1. The minimum absolute atomic E-state index is 0.0748. The highest BCUT2D eigenvalue weighted by Crippen LogP contribution is 2.53. The number of aryl methyl sites for hydroxylation is 2. The fourth-order valence-electron chi connectivity index (χ4n) is 4.19. The van der Waals surface area contributed by atoms with Crippen molar-refractivity contribution in [2.45, 2.75) is 77.4 Å². The van der Waals surface area contributed by atoms with Gasteiger partial charge in [-0.1, -0.05) is 24.4 Å². The number of rotatable bonds is 6. The van der Waals surface area contributed by atoms with Gasteiger partial charge in [0.25, 0.3) is 0 Å². The van der Waals surface area contributed by atoms with E-state index in [1.807, 2.05) is 0 Å². The zero-order valence-electron chi connectivity index (χ0n) is 14.1. The van der Waals surface area contributed by atoms with Crippen LogP contribution in [0.3, 0.4) is 0 Å². The molecule has 0 aliphatic heterocycles. The number of nitrogens with zero attached hydrogens (tertiary/aromatic N) is 2. The number of nitrogens with one attached hydrogen (secondary N) is 1. The molecule has 2 aliphatic rings. The van der Waals surface area contributed by atoms with Crippen LogP contribution in [0, 0.1) is 12.3 Å². The first kappa shape index (κ1) is 16.4. The van der Waals surface area contributed by atoms with E-state index in [9.17, 15) is 4.79 Å². The van der Waals surface area contributed by atoms with Gasteiger partial charge < -0.3 is 14.6 Å². The van der Waals surface area contributed by atoms with Crippen molar-refractivity contribution in [3.05, 3.63) is 11.7 Å². The number of carbonyl (C=O) groups excluding carboxylic acids is 1. The van der Waals surface area contributed by atoms with Gasteiger partial charge in [-0.25, -0.2) is 0 Å². The molecule has 1 heterocycles. The molecule has 6 nitrogen and oxygen atoms in total. The number of hydrogen-bond acceptors (Lipinski definition) is 5. The van der Waals surface area contributed by atoms with Crippen molar-refractivity contribution in [3.8, 4) is 0 Å². The molecule has 2 fully saturated rings. The van der Waals surface area contributed by atoms with E-state index in [0.29, 0.717) is 30.7 Å². The van der Waals surface area contributed by atoms with E-state index in [2.05, 4.69) is 22.4 Å². The molecule has 0 radical (unpaired) electrons. The molecule has 1 aromatic heterocycles. The van der Waals surface area contributed by atoms with Crippen LogP contribution in [0.2, 0.25) is 0 Å². The molecule has 2 atom stereocenters. The van der Waals surface area contributed by atoms with Gasteiger partial charge in [-0.05, 0) is 33.1 Å². The summed E-state index contributed by atoms with van der Waals surface area (Å²) in [6.07, 6.45) is 8.30. The Morgan fingerprint density at radius 2 is 2.17 bits per heavy atom. The van der Waals surface area contributed by atoms with Crippen LogP contribution in [0.1, 0.15) is 63.6 Å². The lowest BCUT2D eigenvalue weighted by Gasteiger charge is -2.57. The average Bonchev–Trinajstić information content (AvgIpc) is 2.98. The topological polar surface area (TPSA) is 77.2 Å². The van der Waals surface area contributed by atoms with E-state index < -0.39 is 0 Å². The predicted molar refractivity (Wildman–Crippen MR) is 84.8 cm³/mol. The largest absolute Gasteiger partial charge is 0.378 e. The molecule has 1 N–H and O–H groups in total. The number of aromatic nitrogens is 2. The molecule has 2 unspecified atom stereocenters. The molecule has 2 aliphatic carbocycles. The van der Waals surface area contributed by atoms with Gasteiger partial charge in [0.2, 0.25) is 11.8 Å². The third-order valence-electron chi connectivity index (χ3n) is 5.41. The molecule has 3 rings (SSSR count). The van der Waals surface area contributed by atoms with Gasteiger partial charge in [0.1, 0.15) is 0 Å². The van der Waals surface area contributed by atoms with Gasteiger partial charge in [-0.2, -0.15) is 4.98 Å². The minimum Gasteiger partial charge on any atom is -0.378 e. The molecule has 0 bridgehead atoms. The minimum atomic E-state index is 0.0748. The normalized spacial score (nSPS) is 26.0. The Balaban J connectivity index is 1.53. The van der Waals surface area contributed by atoms with Crippen LogP contribution >= 0.6 is 0 Å². The fraction of sp³-hybridized carbons (Fsp3) is 0.824. The van der Waals surface area contributed by atoms with Crippen molar-refractivity contribution in [3.63, 3.8) is 0 Å². The van der Waals surface area contributed by atoms with Crippen molar-refractivity contribution in [1.82, 2.24) is 15.5 Å². The second kappa shape index (κ2) is 6.99. The number of hydrogen-bond donors (Lipinski definition) is 1. The maximum Gasteiger partial charge on any atom is 0.227 e. The summed E-state index contributed by atoms with van der Waals surface area (Å²) < 4.78 is 11.0. The third kappa shape index (κ3) is 3.42. The second-order valence-corrected chi connectivity index (χ2v) is 6.83. The van der Waals surface area contributed by atoms with E-state index >= 15 is 0 Å². The lowest BCUT2D eigenvalue weighted by molar-refractivity contribution is -0.157. The fourth-order valence-corrected chi connectivity index (χ4v) is 4.19. The summed E-state index contributed by atoms with van der Waals surface area (Å²) in [6, 6.07) is 0.260. The summed E-state index contributed by atoms with van der Waals surface area (Å²) >= 11 is 0. The molecular formula is C17H27N3O3. The van der Waals surface area contributed by atoms with Crippen LogP contribution in [0.25, 0.3) is 0 Å². The van der Waals surface area contributed by atoms with E-state index in [4.69, 9.17) is 9.26 Å². The van der Waals surface area contributed by atoms with Gasteiger partial charge in [0.05, 0.1) is 6.10 Å². The quantitative estimate of drug-likeness (QED) is 0.871. The van der Waals surface area contributed by atoms with E-state index in [-0.39, 0.29) is 17.4 Å². The summed E-state index contributed by atoms with van der Waals surface area (Å²) in [6.45, 7) is 4.58. The first-order valence-electron chi connectivity index (χ1n) is 8.84. The molecule has 128 valence electrons. The molecule has 1 aromatic rings. The highest BCUT2D eigenvalue weighted by Gasteiger charge is 2.55. The van der Waals surface area contributed by atoms with Gasteiger partial charge in [-0.3, -0.25) is 4.79 Å². The molecular weight excluding hydrogens is 294 g/mol. The van der Waals surface area contributed by atoms with Crippen molar-refractivity contribution < 1.29 is 14.1 Å². The SMILES string of the molecule is CCOC1CC(NC(=O)CCc2nc(C)no2)C12CCCCC2. The van der Waals surface area contributed by atoms with Crippen LogP contribution in [0.4, 0.5) is 0 Å². The van der Waals surface area contributed by atoms with Crippen molar-refractivity contribution in [1.29, 1.82) is 0 Å². The smallest absolute Gasteiger partial charge is 0.227 e. The Morgan fingerprint density at radius 3 is 2.83 bits per heavy atom. The van der Waals surface area contributed by atoms with E-state index in [1.165, 1.54) is 32.1 Å². The Hall–Kier alpha value is -1.43. The molecule has 2 saturated carbocycles. The van der Waals surface area contributed by atoms with Crippen LogP contribution in [0.5, 0.6) is 0 Å². The van der Waals surface area contributed by atoms with Crippen LogP contribution in [0.15, 0.2) is 4.52 Å². The van der Waals surface area contributed by atoms with Gasteiger partial charge >= 0.3 is 0 Å². The van der Waals surface area contributed by atoms with Gasteiger partial charge in [-0.15, -0.1) is 0 Å². The van der Waals surface area contributed by atoms with Crippen LogP contribution in [-0.4, -0.2) is 34.8 Å². The third-order valence-corrected chi connectivity index (χ3v) is 5.41. The first-order chi connectivity index (χ1) is 11.1.